The molecule has 0 spiro atoms. The van der Waals surface area contributed by atoms with Crippen molar-refractivity contribution < 1.29 is 23.4 Å². The molecule has 1 unspecified atom stereocenters. The van der Waals surface area contributed by atoms with E-state index in [0.717, 1.165) is 6.07 Å². The molecule has 0 aliphatic heterocycles. The maximum atomic E-state index is 13.0. The molecule has 0 radical (unpaired) electrons. The number of ether oxygens (including phenoxy) is 1. The van der Waals surface area contributed by atoms with Crippen LogP contribution in [0.3, 0.4) is 0 Å². The van der Waals surface area contributed by atoms with Crippen molar-refractivity contribution in [3.05, 3.63) is 64.7 Å². The molecule has 2 N–H and O–H groups in total. The summed E-state index contributed by atoms with van der Waals surface area (Å²) in [5.41, 5.74) is 0.484. The van der Waals surface area contributed by atoms with Gasteiger partial charge in [-0.15, -0.1) is 0 Å². The summed E-state index contributed by atoms with van der Waals surface area (Å²) in [5.74, 6) is -1.19. The quantitative estimate of drug-likeness (QED) is 0.849. The molecule has 2 aromatic carbocycles. The Labute approximate surface area is 136 Å². The summed E-state index contributed by atoms with van der Waals surface area (Å²) in [7, 11) is 0. The first-order valence-electron chi connectivity index (χ1n) is 6.74. The summed E-state index contributed by atoms with van der Waals surface area (Å²) in [6.45, 7) is -0.351. The van der Waals surface area contributed by atoms with Crippen molar-refractivity contribution in [3.8, 4) is 5.75 Å². The van der Waals surface area contributed by atoms with Gasteiger partial charge in [0, 0.05) is 12.6 Å². The summed E-state index contributed by atoms with van der Waals surface area (Å²) in [6, 6.07) is 9.06. The van der Waals surface area contributed by atoms with Crippen molar-refractivity contribution in [2.24, 2.45) is 0 Å². The first-order chi connectivity index (χ1) is 11.0. The third-order valence-corrected chi connectivity index (χ3v) is 3.30. The Morgan fingerprint density at radius 3 is 2.57 bits per heavy atom. The van der Waals surface area contributed by atoms with Gasteiger partial charge >= 0.3 is 0 Å². The van der Waals surface area contributed by atoms with Gasteiger partial charge in [-0.25, -0.2) is 8.78 Å². The van der Waals surface area contributed by atoms with Crippen molar-refractivity contribution in [3.63, 3.8) is 0 Å². The Kier molecular flexibility index (Phi) is 5.90. The van der Waals surface area contributed by atoms with Crippen LogP contribution in [0, 0.1) is 11.6 Å². The van der Waals surface area contributed by atoms with Crippen LogP contribution in [-0.4, -0.2) is 24.2 Å². The summed E-state index contributed by atoms with van der Waals surface area (Å²) < 4.78 is 30.9. The zero-order chi connectivity index (χ0) is 16.8. The van der Waals surface area contributed by atoms with Crippen molar-refractivity contribution in [1.29, 1.82) is 0 Å². The van der Waals surface area contributed by atoms with E-state index in [1.54, 1.807) is 0 Å². The Hall–Kier alpha value is -2.18. The lowest BCUT2D eigenvalue weighted by atomic mass is 10.1. The highest BCUT2D eigenvalue weighted by atomic mass is 35.5. The summed E-state index contributed by atoms with van der Waals surface area (Å²) >= 11 is 5.60. The molecule has 2 rings (SSSR count). The van der Waals surface area contributed by atoms with Crippen molar-refractivity contribution in [1.82, 2.24) is 5.32 Å². The number of carbonyl (C=O) groups excluding carboxylic acids is 1. The molecular formula is C16H14ClF2NO3. The summed E-state index contributed by atoms with van der Waals surface area (Å²) in [4.78, 5) is 11.6. The molecule has 0 saturated carbocycles. The first-order valence-corrected chi connectivity index (χ1v) is 7.11. The Balaban J connectivity index is 1.78. The molecule has 23 heavy (non-hydrogen) atoms. The predicted molar refractivity (Wildman–Crippen MR) is 81.3 cm³/mol. The first kappa shape index (κ1) is 17.2. The molecule has 1 amide bonds. The smallest absolute Gasteiger partial charge is 0.258 e. The molecule has 122 valence electrons. The molecule has 0 aromatic heterocycles. The molecule has 0 heterocycles. The van der Waals surface area contributed by atoms with Crippen LogP contribution in [0.25, 0.3) is 0 Å². The largest absolute Gasteiger partial charge is 0.484 e. The van der Waals surface area contributed by atoms with Crippen molar-refractivity contribution >= 4 is 17.5 Å². The molecule has 4 nitrogen and oxygen atoms in total. The highest BCUT2D eigenvalue weighted by Gasteiger charge is 2.10. The lowest BCUT2D eigenvalue weighted by Crippen LogP contribution is -2.32. The number of hydrogen-bond donors (Lipinski definition) is 2. The number of rotatable bonds is 6. The standard InChI is InChI=1S/C16H14ClF2NO3/c17-13-7-12(5-6-14(13)19)23-9-16(22)20-8-15(21)10-1-3-11(18)4-2-10/h1-7,15,21H,8-9H2,(H,20,22). The van der Waals surface area contributed by atoms with E-state index in [2.05, 4.69) is 5.32 Å². The summed E-state index contributed by atoms with van der Waals surface area (Å²) in [5, 5.41) is 12.3. The number of carbonyl (C=O) groups is 1. The topological polar surface area (TPSA) is 58.6 Å². The SMILES string of the molecule is O=C(COc1ccc(F)c(Cl)c1)NCC(O)c1ccc(F)cc1. The maximum absolute atomic E-state index is 13.0. The second-order valence-corrected chi connectivity index (χ2v) is 5.14. The van der Waals surface area contributed by atoms with E-state index in [-0.39, 0.29) is 23.9 Å². The highest BCUT2D eigenvalue weighted by Crippen LogP contribution is 2.21. The molecule has 0 saturated heterocycles. The number of benzene rings is 2. The Morgan fingerprint density at radius 1 is 1.22 bits per heavy atom. The van der Waals surface area contributed by atoms with Gasteiger partial charge in [0.25, 0.3) is 5.91 Å². The van der Waals surface area contributed by atoms with E-state index in [1.165, 1.54) is 36.4 Å². The molecule has 0 aliphatic carbocycles. The number of hydrogen-bond acceptors (Lipinski definition) is 3. The lowest BCUT2D eigenvalue weighted by Gasteiger charge is -2.13. The van der Waals surface area contributed by atoms with Crippen LogP contribution in [0.1, 0.15) is 11.7 Å². The monoisotopic (exact) mass is 341 g/mol. The van der Waals surface area contributed by atoms with Crippen LogP contribution < -0.4 is 10.1 Å². The minimum atomic E-state index is -0.959. The summed E-state index contributed by atoms with van der Waals surface area (Å²) in [6.07, 6.45) is -0.959. The van der Waals surface area contributed by atoms with E-state index < -0.39 is 23.6 Å². The van der Waals surface area contributed by atoms with Gasteiger partial charge in [-0.3, -0.25) is 4.79 Å². The van der Waals surface area contributed by atoms with Gasteiger partial charge in [-0.1, -0.05) is 23.7 Å². The van der Waals surface area contributed by atoms with Crippen molar-refractivity contribution in [2.45, 2.75) is 6.10 Å². The van der Waals surface area contributed by atoms with E-state index in [0.29, 0.717) is 5.56 Å². The molecule has 7 heteroatoms. The van der Waals surface area contributed by atoms with Crippen LogP contribution in [0.4, 0.5) is 8.78 Å². The predicted octanol–water partition coefficient (Wildman–Crippen LogP) is 2.85. The molecule has 0 aliphatic rings. The zero-order valence-corrected chi connectivity index (χ0v) is 12.7. The fourth-order valence-corrected chi connectivity index (χ4v) is 1.95. The van der Waals surface area contributed by atoms with E-state index in [4.69, 9.17) is 16.3 Å². The van der Waals surface area contributed by atoms with Crippen LogP contribution in [0.2, 0.25) is 5.02 Å². The molecule has 2 aromatic rings. The van der Waals surface area contributed by atoms with Gasteiger partial charge in [0.15, 0.2) is 6.61 Å². The van der Waals surface area contributed by atoms with E-state index in [9.17, 15) is 18.7 Å². The third kappa shape index (κ3) is 5.19. The average molecular weight is 342 g/mol. The van der Waals surface area contributed by atoms with E-state index in [1.807, 2.05) is 0 Å². The van der Waals surface area contributed by atoms with Crippen LogP contribution in [0.5, 0.6) is 5.75 Å². The zero-order valence-electron chi connectivity index (χ0n) is 11.9. The molecular weight excluding hydrogens is 328 g/mol. The second-order valence-electron chi connectivity index (χ2n) is 4.74. The minimum Gasteiger partial charge on any atom is -0.484 e. The maximum Gasteiger partial charge on any atom is 0.258 e. The number of halogens is 3. The van der Waals surface area contributed by atoms with Gasteiger partial charge in [0.05, 0.1) is 11.1 Å². The average Bonchev–Trinajstić information content (AvgIpc) is 2.54. The fraction of sp³-hybridized carbons (Fsp3) is 0.188. The fourth-order valence-electron chi connectivity index (χ4n) is 1.78. The Bertz CT molecular complexity index is 680. The van der Waals surface area contributed by atoms with Gasteiger partial charge < -0.3 is 15.2 Å². The molecule has 0 bridgehead atoms. The van der Waals surface area contributed by atoms with Crippen molar-refractivity contribution in [2.75, 3.05) is 13.2 Å². The van der Waals surface area contributed by atoms with E-state index >= 15 is 0 Å². The van der Waals surface area contributed by atoms with Gasteiger partial charge in [0.1, 0.15) is 17.4 Å². The second kappa shape index (κ2) is 7.89. The number of amides is 1. The number of aliphatic hydroxyl groups excluding tert-OH is 1. The highest BCUT2D eigenvalue weighted by molar-refractivity contribution is 6.30. The van der Waals surface area contributed by atoms with Gasteiger partial charge in [-0.05, 0) is 29.8 Å². The minimum absolute atomic E-state index is 0.0437. The number of nitrogens with one attached hydrogen (secondary N) is 1. The molecule has 1 atom stereocenters. The van der Waals surface area contributed by atoms with Crippen LogP contribution in [-0.2, 0) is 4.79 Å². The van der Waals surface area contributed by atoms with Crippen LogP contribution in [0.15, 0.2) is 42.5 Å². The lowest BCUT2D eigenvalue weighted by molar-refractivity contribution is -0.123. The third-order valence-electron chi connectivity index (χ3n) is 3.01. The normalized spacial score (nSPS) is 11.8. The van der Waals surface area contributed by atoms with Gasteiger partial charge in [0.2, 0.25) is 0 Å². The van der Waals surface area contributed by atoms with Crippen LogP contribution >= 0.6 is 11.6 Å². The molecule has 0 fully saturated rings. The number of aliphatic hydroxyl groups is 1. The Morgan fingerprint density at radius 2 is 1.91 bits per heavy atom. The van der Waals surface area contributed by atoms with Gasteiger partial charge in [-0.2, -0.15) is 0 Å².